The number of benzene rings is 2. The summed E-state index contributed by atoms with van der Waals surface area (Å²) >= 11 is 15.2. The Kier molecular flexibility index (Phi) is 4.90. The highest BCUT2D eigenvalue weighted by Crippen LogP contribution is 2.25. The zero-order chi connectivity index (χ0) is 17.3. The summed E-state index contributed by atoms with van der Waals surface area (Å²) in [6, 6.07) is 12.2. The first-order valence-electron chi connectivity index (χ1n) is 6.91. The van der Waals surface area contributed by atoms with E-state index in [1.807, 2.05) is 12.1 Å². The third-order valence-corrected chi connectivity index (χ3v) is 4.64. The lowest BCUT2D eigenvalue weighted by molar-refractivity contribution is 0.0699. The van der Waals surface area contributed by atoms with Crippen molar-refractivity contribution < 1.29 is 9.90 Å². The normalized spacial score (nSPS) is 11.3. The Morgan fingerprint density at radius 3 is 2.54 bits per heavy atom. The smallest absolute Gasteiger partial charge is 0.336 e. The molecule has 3 nitrogen and oxygen atoms in total. The molecule has 0 aliphatic heterocycles. The topological polar surface area (TPSA) is 50.2 Å². The molecule has 1 heterocycles. The van der Waals surface area contributed by atoms with Gasteiger partial charge in [0.05, 0.1) is 26.8 Å². The largest absolute Gasteiger partial charge is 0.478 e. The third kappa shape index (κ3) is 3.61. The molecule has 3 rings (SSSR count). The van der Waals surface area contributed by atoms with Gasteiger partial charge in [-0.3, -0.25) is 0 Å². The van der Waals surface area contributed by atoms with Crippen LogP contribution in [0.3, 0.4) is 0 Å². The van der Waals surface area contributed by atoms with Crippen molar-refractivity contribution in [1.29, 1.82) is 0 Å². The minimum atomic E-state index is -0.996. The van der Waals surface area contributed by atoms with E-state index in [1.54, 1.807) is 42.5 Å². The van der Waals surface area contributed by atoms with Gasteiger partial charge in [-0.1, -0.05) is 51.3 Å². The Bertz CT molecular complexity index is 986. The Hall–Kier alpha value is -1.88. The number of carboxylic acid groups (broad SMARTS) is 1. The van der Waals surface area contributed by atoms with Crippen molar-refractivity contribution in [3.05, 3.63) is 73.8 Å². The summed E-state index contributed by atoms with van der Waals surface area (Å²) in [5.41, 5.74) is 2.22. The summed E-state index contributed by atoms with van der Waals surface area (Å²) in [5, 5.41) is 11.0. The summed E-state index contributed by atoms with van der Waals surface area (Å²) in [4.78, 5) is 16.0. The molecular formula is C18H10BrCl2NO2. The van der Waals surface area contributed by atoms with E-state index in [4.69, 9.17) is 23.2 Å². The maximum absolute atomic E-state index is 11.5. The van der Waals surface area contributed by atoms with E-state index in [0.717, 1.165) is 10.0 Å². The number of carbonyl (C=O) groups is 1. The molecular weight excluding hydrogens is 413 g/mol. The highest BCUT2D eigenvalue weighted by atomic mass is 79.9. The summed E-state index contributed by atoms with van der Waals surface area (Å²) in [5.74, 6) is -0.996. The lowest BCUT2D eigenvalue weighted by Crippen LogP contribution is -2.00. The van der Waals surface area contributed by atoms with Gasteiger partial charge in [0.25, 0.3) is 0 Å². The van der Waals surface area contributed by atoms with E-state index in [-0.39, 0.29) is 5.56 Å². The SMILES string of the molecule is O=C(O)c1cc(/C=C/c2ccc(Cl)c(Cl)c2)nc2ccc(Br)cc12. The molecule has 1 aromatic heterocycles. The second kappa shape index (κ2) is 6.93. The molecule has 0 radical (unpaired) electrons. The Morgan fingerprint density at radius 1 is 1.04 bits per heavy atom. The van der Waals surface area contributed by atoms with Crippen molar-refractivity contribution in [2.45, 2.75) is 0 Å². The first kappa shape index (κ1) is 17.0. The summed E-state index contributed by atoms with van der Waals surface area (Å²) in [7, 11) is 0. The van der Waals surface area contributed by atoms with Crippen LogP contribution in [0.5, 0.6) is 0 Å². The summed E-state index contributed by atoms with van der Waals surface area (Å²) in [6.45, 7) is 0. The van der Waals surface area contributed by atoms with Gasteiger partial charge < -0.3 is 5.11 Å². The van der Waals surface area contributed by atoms with Crippen molar-refractivity contribution in [2.75, 3.05) is 0 Å². The van der Waals surface area contributed by atoms with Crippen LogP contribution in [0.25, 0.3) is 23.1 Å². The predicted molar refractivity (Wildman–Crippen MR) is 102 cm³/mol. The van der Waals surface area contributed by atoms with E-state index in [1.165, 1.54) is 0 Å². The van der Waals surface area contributed by atoms with Crippen LogP contribution in [-0.2, 0) is 0 Å². The number of fused-ring (bicyclic) bond motifs is 1. The van der Waals surface area contributed by atoms with Crippen LogP contribution in [0.4, 0.5) is 0 Å². The number of aromatic nitrogens is 1. The van der Waals surface area contributed by atoms with Crippen LogP contribution in [0, 0.1) is 0 Å². The number of halogens is 3. The Balaban J connectivity index is 2.06. The number of hydrogen-bond acceptors (Lipinski definition) is 2. The van der Waals surface area contributed by atoms with Gasteiger partial charge in [0.15, 0.2) is 0 Å². The number of nitrogens with zero attached hydrogens (tertiary/aromatic N) is 1. The highest BCUT2D eigenvalue weighted by molar-refractivity contribution is 9.10. The lowest BCUT2D eigenvalue weighted by atomic mass is 10.1. The van der Waals surface area contributed by atoms with Crippen LogP contribution in [-0.4, -0.2) is 16.1 Å². The number of carboxylic acids is 1. The molecule has 0 bridgehead atoms. The van der Waals surface area contributed by atoms with E-state index in [0.29, 0.717) is 26.6 Å². The molecule has 24 heavy (non-hydrogen) atoms. The average molecular weight is 423 g/mol. The highest BCUT2D eigenvalue weighted by Gasteiger charge is 2.11. The molecule has 0 atom stereocenters. The standard InChI is InChI=1S/C18H10BrCl2NO2/c19-11-3-6-17-13(8-11)14(18(23)24)9-12(22-17)4-1-10-2-5-15(20)16(21)7-10/h1-9H,(H,23,24)/b4-1+. The third-order valence-electron chi connectivity index (χ3n) is 3.41. The molecule has 0 spiro atoms. The van der Waals surface area contributed by atoms with Crippen molar-refractivity contribution in [1.82, 2.24) is 4.98 Å². The van der Waals surface area contributed by atoms with Gasteiger partial charge >= 0.3 is 5.97 Å². The average Bonchev–Trinajstić information content (AvgIpc) is 2.55. The first-order valence-corrected chi connectivity index (χ1v) is 8.45. The molecule has 0 saturated carbocycles. The van der Waals surface area contributed by atoms with Gasteiger partial charge in [-0.25, -0.2) is 9.78 Å². The van der Waals surface area contributed by atoms with E-state index in [2.05, 4.69) is 20.9 Å². The number of aromatic carboxylic acids is 1. The fourth-order valence-electron chi connectivity index (χ4n) is 2.28. The summed E-state index contributed by atoms with van der Waals surface area (Å²) < 4.78 is 0.804. The number of pyridine rings is 1. The first-order chi connectivity index (χ1) is 11.4. The molecule has 0 unspecified atom stereocenters. The maximum atomic E-state index is 11.5. The van der Waals surface area contributed by atoms with Crippen LogP contribution in [0.15, 0.2) is 46.9 Å². The van der Waals surface area contributed by atoms with Gasteiger partial charge in [0, 0.05) is 9.86 Å². The van der Waals surface area contributed by atoms with E-state index >= 15 is 0 Å². The minimum absolute atomic E-state index is 0.204. The van der Waals surface area contributed by atoms with Crippen LogP contribution in [0.1, 0.15) is 21.6 Å². The van der Waals surface area contributed by atoms with Crippen LogP contribution < -0.4 is 0 Å². The second-order valence-electron chi connectivity index (χ2n) is 5.07. The van der Waals surface area contributed by atoms with E-state index < -0.39 is 5.97 Å². The molecule has 120 valence electrons. The quantitative estimate of drug-likeness (QED) is 0.548. The molecule has 6 heteroatoms. The predicted octanol–water partition coefficient (Wildman–Crippen LogP) is 6.17. The summed E-state index contributed by atoms with van der Waals surface area (Å²) in [6.07, 6.45) is 3.55. The molecule has 0 saturated heterocycles. The van der Waals surface area contributed by atoms with Gasteiger partial charge in [-0.15, -0.1) is 0 Å². The van der Waals surface area contributed by atoms with Crippen molar-refractivity contribution in [3.63, 3.8) is 0 Å². The zero-order valence-corrected chi connectivity index (χ0v) is 15.2. The minimum Gasteiger partial charge on any atom is -0.478 e. The Morgan fingerprint density at radius 2 is 1.83 bits per heavy atom. The Labute approximate surface area is 156 Å². The van der Waals surface area contributed by atoms with E-state index in [9.17, 15) is 9.90 Å². The molecule has 0 amide bonds. The van der Waals surface area contributed by atoms with Gasteiger partial charge in [0.1, 0.15) is 0 Å². The zero-order valence-electron chi connectivity index (χ0n) is 12.1. The van der Waals surface area contributed by atoms with Gasteiger partial charge in [0.2, 0.25) is 0 Å². The second-order valence-corrected chi connectivity index (χ2v) is 6.80. The monoisotopic (exact) mass is 421 g/mol. The van der Waals surface area contributed by atoms with Crippen LogP contribution >= 0.6 is 39.1 Å². The van der Waals surface area contributed by atoms with Gasteiger partial charge in [-0.05, 0) is 48.0 Å². The molecule has 3 aromatic rings. The van der Waals surface area contributed by atoms with Crippen molar-refractivity contribution in [2.24, 2.45) is 0 Å². The van der Waals surface area contributed by atoms with Crippen LogP contribution in [0.2, 0.25) is 10.0 Å². The molecule has 1 N–H and O–H groups in total. The maximum Gasteiger partial charge on any atom is 0.336 e. The lowest BCUT2D eigenvalue weighted by Gasteiger charge is -2.05. The number of hydrogen-bond donors (Lipinski definition) is 1. The van der Waals surface area contributed by atoms with Gasteiger partial charge in [-0.2, -0.15) is 0 Å². The van der Waals surface area contributed by atoms with Crippen molar-refractivity contribution >= 4 is 68.2 Å². The fraction of sp³-hybridized carbons (Fsp3) is 0. The molecule has 0 aliphatic carbocycles. The molecule has 0 fully saturated rings. The molecule has 2 aromatic carbocycles. The van der Waals surface area contributed by atoms with Crippen molar-refractivity contribution in [3.8, 4) is 0 Å². The molecule has 0 aliphatic rings. The fourth-order valence-corrected chi connectivity index (χ4v) is 2.95. The number of rotatable bonds is 3.